The third-order valence-electron chi connectivity index (χ3n) is 4.57. The SMILES string of the molecule is CCN1C(=O)C(C)(C)COc2cc(NC(=O)c3cccc(OC)c3)ccc21. The highest BCUT2D eigenvalue weighted by Gasteiger charge is 2.37. The maximum atomic E-state index is 12.7. The first-order valence-electron chi connectivity index (χ1n) is 8.90. The maximum absolute atomic E-state index is 12.7. The van der Waals surface area contributed by atoms with E-state index in [1.165, 1.54) is 0 Å². The lowest BCUT2D eigenvalue weighted by Crippen LogP contribution is -2.42. The van der Waals surface area contributed by atoms with Crippen LogP contribution in [0, 0.1) is 5.41 Å². The van der Waals surface area contributed by atoms with E-state index < -0.39 is 5.41 Å². The number of methoxy groups -OCH3 is 1. The van der Waals surface area contributed by atoms with Crippen molar-refractivity contribution in [3.8, 4) is 11.5 Å². The Morgan fingerprint density at radius 3 is 2.74 bits per heavy atom. The lowest BCUT2D eigenvalue weighted by molar-refractivity contribution is -0.127. The van der Waals surface area contributed by atoms with E-state index in [0.717, 1.165) is 0 Å². The largest absolute Gasteiger partial charge is 0.497 e. The normalized spacial score (nSPS) is 15.4. The lowest BCUT2D eigenvalue weighted by Gasteiger charge is -2.26. The Morgan fingerprint density at radius 2 is 2.04 bits per heavy atom. The number of fused-ring (bicyclic) bond motifs is 1. The van der Waals surface area contributed by atoms with Gasteiger partial charge in [-0.3, -0.25) is 9.59 Å². The fourth-order valence-corrected chi connectivity index (χ4v) is 3.01. The van der Waals surface area contributed by atoms with E-state index in [1.807, 2.05) is 20.8 Å². The van der Waals surface area contributed by atoms with Crippen molar-refractivity contribution in [3.05, 3.63) is 48.0 Å². The van der Waals surface area contributed by atoms with Gasteiger partial charge in [0.25, 0.3) is 5.91 Å². The molecule has 0 atom stereocenters. The van der Waals surface area contributed by atoms with Crippen molar-refractivity contribution in [1.29, 1.82) is 0 Å². The van der Waals surface area contributed by atoms with E-state index in [1.54, 1.807) is 54.5 Å². The van der Waals surface area contributed by atoms with Gasteiger partial charge in [0.15, 0.2) is 0 Å². The summed E-state index contributed by atoms with van der Waals surface area (Å²) in [7, 11) is 1.56. The zero-order chi connectivity index (χ0) is 19.6. The van der Waals surface area contributed by atoms with Crippen LogP contribution in [0.3, 0.4) is 0 Å². The first-order valence-corrected chi connectivity index (χ1v) is 8.90. The minimum absolute atomic E-state index is 0.0249. The number of rotatable bonds is 4. The summed E-state index contributed by atoms with van der Waals surface area (Å²) in [6.07, 6.45) is 0. The van der Waals surface area contributed by atoms with Crippen LogP contribution >= 0.6 is 0 Å². The molecule has 6 nitrogen and oxygen atoms in total. The van der Waals surface area contributed by atoms with E-state index in [-0.39, 0.29) is 18.4 Å². The van der Waals surface area contributed by atoms with Crippen LogP contribution in [0.5, 0.6) is 11.5 Å². The first kappa shape index (κ1) is 18.8. The fourth-order valence-electron chi connectivity index (χ4n) is 3.01. The van der Waals surface area contributed by atoms with Crippen LogP contribution in [0.4, 0.5) is 11.4 Å². The summed E-state index contributed by atoms with van der Waals surface area (Å²) >= 11 is 0. The van der Waals surface area contributed by atoms with Gasteiger partial charge in [0.2, 0.25) is 5.91 Å². The van der Waals surface area contributed by atoms with Crippen molar-refractivity contribution in [1.82, 2.24) is 0 Å². The molecule has 0 spiro atoms. The van der Waals surface area contributed by atoms with Crippen LogP contribution in [0.1, 0.15) is 31.1 Å². The molecule has 0 saturated carbocycles. The van der Waals surface area contributed by atoms with Gasteiger partial charge >= 0.3 is 0 Å². The van der Waals surface area contributed by atoms with Crippen LogP contribution in [-0.4, -0.2) is 32.1 Å². The Labute approximate surface area is 159 Å². The van der Waals surface area contributed by atoms with E-state index in [0.29, 0.717) is 35.0 Å². The van der Waals surface area contributed by atoms with E-state index in [2.05, 4.69) is 5.32 Å². The number of hydrogen-bond donors (Lipinski definition) is 1. The molecule has 0 bridgehead atoms. The number of nitrogens with one attached hydrogen (secondary N) is 1. The molecule has 1 heterocycles. The number of ether oxygens (including phenoxy) is 2. The van der Waals surface area contributed by atoms with Crippen molar-refractivity contribution in [2.24, 2.45) is 5.41 Å². The number of nitrogens with zero attached hydrogens (tertiary/aromatic N) is 1. The molecule has 6 heteroatoms. The highest BCUT2D eigenvalue weighted by atomic mass is 16.5. The molecule has 2 aromatic carbocycles. The molecule has 27 heavy (non-hydrogen) atoms. The van der Waals surface area contributed by atoms with Crippen LogP contribution in [0.25, 0.3) is 0 Å². The minimum Gasteiger partial charge on any atom is -0.497 e. The fraction of sp³-hybridized carbons (Fsp3) is 0.333. The predicted molar refractivity (Wildman–Crippen MR) is 105 cm³/mol. The molecule has 0 radical (unpaired) electrons. The van der Waals surface area contributed by atoms with E-state index in [9.17, 15) is 9.59 Å². The average molecular weight is 368 g/mol. The Hall–Kier alpha value is -3.02. The van der Waals surface area contributed by atoms with Crippen molar-refractivity contribution in [2.45, 2.75) is 20.8 Å². The van der Waals surface area contributed by atoms with Crippen molar-refractivity contribution in [2.75, 3.05) is 30.5 Å². The minimum atomic E-state index is -0.612. The summed E-state index contributed by atoms with van der Waals surface area (Å²) in [5.74, 6) is 0.981. The average Bonchev–Trinajstić information content (AvgIpc) is 2.76. The maximum Gasteiger partial charge on any atom is 0.255 e. The van der Waals surface area contributed by atoms with Gasteiger partial charge in [-0.2, -0.15) is 0 Å². The van der Waals surface area contributed by atoms with Gasteiger partial charge in [-0.25, -0.2) is 0 Å². The Bertz CT molecular complexity index is 876. The highest BCUT2D eigenvalue weighted by Crippen LogP contribution is 2.38. The summed E-state index contributed by atoms with van der Waals surface area (Å²) < 4.78 is 11.1. The van der Waals surface area contributed by atoms with Crippen LogP contribution in [0.2, 0.25) is 0 Å². The van der Waals surface area contributed by atoms with Crippen molar-refractivity contribution in [3.63, 3.8) is 0 Å². The van der Waals surface area contributed by atoms with Gasteiger partial charge in [0, 0.05) is 23.9 Å². The number of benzene rings is 2. The zero-order valence-electron chi connectivity index (χ0n) is 16.0. The van der Waals surface area contributed by atoms with Crippen LogP contribution < -0.4 is 19.7 Å². The van der Waals surface area contributed by atoms with Gasteiger partial charge in [-0.15, -0.1) is 0 Å². The smallest absolute Gasteiger partial charge is 0.255 e. The Morgan fingerprint density at radius 1 is 1.26 bits per heavy atom. The predicted octanol–water partition coefficient (Wildman–Crippen LogP) is 3.72. The molecule has 2 amide bonds. The monoisotopic (exact) mass is 368 g/mol. The molecular formula is C21H24N2O4. The summed E-state index contributed by atoms with van der Waals surface area (Å²) in [5.41, 5.74) is 1.20. The topological polar surface area (TPSA) is 67.9 Å². The van der Waals surface area contributed by atoms with Gasteiger partial charge in [0.05, 0.1) is 18.2 Å². The summed E-state index contributed by atoms with van der Waals surface area (Å²) in [4.78, 5) is 27.0. The molecule has 142 valence electrons. The summed E-state index contributed by atoms with van der Waals surface area (Å²) in [6, 6.07) is 12.3. The number of carbonyl (C=O) groups excluding carboxylic acids is 2. The quantitative estimate of drug-likeness (QED) is 0.893. The molecule has 1 aliphatic rings. The highest BCUT2D eigenvalue weighted by molar-refractivity contribution is 6.05. The second-order valence-corrected chi connectivity index (χ2v) is 7.09. The molecule has 3 rings (SSSR count). The summed E-state index contributed by atoms with van der Waals surface area (Å²) in [5, 5.41) is 2.87. The van der Waals surface area contributed by atoms with Gasteiger partial charge < -0.3 is 19.7 Å². The Kier molecular flexibility index (Phi) is 5.08. The molecular weight excluding hydrogens is 344 g/mol. The Balaban J connectivity index is 1.87. The first-order chi connectivity index (χ1) is 12.9. The number of anilines is 2. The number of amides is 2. The van der Waals surface area contributed by atoms with Gasteiger partial charge in [0.1, 0.15) is 18.1 Å². The van der Waals surface area contributed by atoms with Gasteiger partial charge in [-0.1, -0.05) is 6.07 Å². The van der Waals surface area contributed by atoms with E-state index in [4.69, 9.17) is 9.47 Å². The lowest BCUT2D eigenvalue weighted by atomic mass is 9.93. The molecule has 1 N–H and O–H groups in total. The number of hydrogen-bond acceptors (Lipinski definition) is 4. The second kappa shape index (κ2) is 7.31. The molecule has 0 unspecified atom stereocenters. The van der Waals surface area contributed by atoms with Crippen molar-refractivity contribution >= 4 is 23.2 Å². The molecule has 0 fully saturated rings. The number of carbonyl (C=O) groups is 2. The third-order valence-corrected chi connectivity index (χ3v) is 4.57. The second-order valence-electron chi connectivity index (χ2n) is 7.09. The van der Waals surface area contributed by atoms with Crippen LogP contribution in [-0.2, 0) is 4.79 Å². The molecule has 0 aliphatic carbocycles. The summed E-state index contributed by atoms with van der Waals surface area (Å²) in [6.45, 7) is 6.50. The molecule has 0 aromatic heterocycles. The molecule has 1 aliphatic heterocycles. The third kappa shape index (κ3) is 3.74. The van der Waals surface area contributed by atoms with Crippen LogP contribution in [0.15, 0.2) is 42.5 Å². The van der Waals surface area contributed by atoms with Gasteiger partial charge in [-0.05, 0) is 51.1 Å². The van der Waals surface area contributed by atoms with E-state index >= 15 is 0 Å². The standard InChI is InChI=1S/C21H24N2O4/c1-5-23-17-10-9-15(12-18(17)27-13-21(2,3)20(23)25)22-19(24)14-7-6-8-16(11-14)26-4/h6-12H,5,13H2,1-4H3,(H,22,24). The zero-order valence-corrected chi connectivity index (χ0v) is 16.0. The van der Waals surface area contributed by atoms with Crippen molar-refractivity contribution < 1.29 is 19.1 Å². The molecule has 2 aromatic rings. The molecule has 0 saturated heterocycles.